The quantitative estimate of drug-likeness (QED) is 0.783. The van der Waals surface area contributed by atoms with E-state index in [1.807, 2.05) is 0 Å². The molecule has 2 aromatic heterocycles. The van der Waals surface area contributed by atoms with Crippen LogP contribution in [0.4, 0.5) is 0 Å². The molecule has 0 fully saturated rings. The topological polar surface area (TPSA) is 97.2 Å². The van der Waals surface area contributed by atoms with Gasteiger partial charge in [-0.2, -0.15) is 5.10 Å². The molecule has 0 saturated heterocycles. The van der Waals surface area contributed by atoms with E-state index in [9.17, 15) is 9.59 Å². The number of H-pyrrole nitrogens is 1. The molecular weight excluding hydrogens is 250 g/mol. The predicted octanol–water partition coefficient (Wildman–Crippen LogP) is 0.963. The zero-order valence-electron chi connectivity index (χ0n) is 10.3. The number of hydrogen-bond donors (Lipinski definition) is 2. The fourth-order valence-electron chi connectivity index (χ4n) is 1.45. The minimum atomic E-state index is -0.488. The summed E-state index contributed by atoms with van der Waals surface area (Å²) in [5, 5.41) is 8.94. The Morgan fingerprint density at radius 2 is 2.37 bits per heavy atom. The SMILES string of the molecule is CCOC(=O)CNC(=O)c1cc(-c2ccco2)[nH]n1. The molecule has 2 rings (SSSR count). The number of esters is 1. The second-order valence-electron chi connectivity index (χ2n) is 3.63. The lowest BCUT2D eigenvalue weighted by Crippen LogP contribution is -2.30. The van der Waals surface area contributed by atoms with Crippen molar-refractivity contribution >= 4 is 11.9 Å². The van der Waals surface area contributed by atoms with Gasteiger partial charge in [-0.15, -0.1) is 0 Å². The van der Waals surface area contributed by atoms with Crippen molar-refractivity contribution in [2.24, 2.45) is 0 Å². The molecule has 0 atom stereocenters. The van der Waals surface area contributed by atoms with E-state index in [1.54, 1.807) is 25.1 Å². The summed E-state index contributed by atoms with van der Waals surface area (Å²) in [6.07, 6.45) is 1.52. The number of aromatic nitrogens is 2. The third kappa shape index (κ3) is 3.21. The molecule has 19 heavy (non-hydrogen) atoms. The van der Waals surface area contributed by atoms with Gasteiger partial charge in [-0.05, 0) is 19.1 Å². The van der Waals surface area contributed by atoms with Crippen LogP contribution in [0, 0.1) is 0 Å². The second-order valence-corrected chi connectivity index (χ2v) is 3.63. The standard InChI is InChI=1S/C12H13N3O4/c1-2-18-11(16)7-13-12(17)9-6-8(14-15-9)10-4-3-5-19-10/h3-6H,2,7H2,1H3,(H,13,17)(H,14,15). The van der Waals surface area contributed by atoms with E-state index in [0.29, 0.717) is 11.5 Å². The van der Waals surface area contributed by atoms with E-state index < -0.39 is 11.9 Å². The van der Waals surface area contributed by atoms with Gasteiger partial charge < -0.3 is 14.5 Å². The molecule has 100 valence electrons. The summed E-state index contributed by atoms with van der Waals surface area (Å²) in [6, 6.07) is 5.02. The van der Waals surface area contributed by atoms with E-state index >= 15 is 0 Å². The molecule has 0 aromatic carbocycles. The van der Waals surface area contributed by atoms with Gasteiger partial charge in [0.15, 0.2) is 11.5 Å². The lowest BCUT2D eigenvalue weighted by atomic mass is 10.3. The Morgan fingerprint density at radius 3 is 3.05 bits per heavy atom. The van der Waals surface area contributed by atoms with E-state index in [2.05, 4.69) is 15.5 Å². The first-order valence-electron chi connectivity index (χ1n) is 5.73. The van der Waals surface area contributed by atoms with Crippen LogP contribution in [0.1, 0.15) is 17.4 Å². The number of hydrogen-bond acceptors (Lipinski definition) is 5. The highest BCUT2D eigenvalue weighted by molar-refractivity contribution is 5.94. The monoisotopic (exact) mass is 263 g/mol. The Labute approximate surface area is 108 Å². The van der Waals surface area contributed by atoms with E-state index in [0.717, 1.165) is 0 Å². The number of nitrogens with zero attached hydrogens (tertiary/aromatic N) is 1. The molecular formula is C12H13N3O4. The number of rotatable bonds is 5. The minimum Gasteiger partial charge on any atom is -0.465 e. The molecule has 0 radical (unpaired) electrons. The smallest absolute Gasteiger partial charge is 0.325 e. The van der Waals surface area contributed by atoms with Gasteiger partial charge in [0.25, 0.3) is 5.91 Å². The Kier molecular flexibility index (Phi) is 3.97. The third-order valence-corrected chi connectivity index (χ3v) is 2.30. The van der Waals surface area contributed by atoms with Gasteiger partial charge in [-0.1, -0.05) is 0 Å². The van der Waals surface area contributed by atoms with E-state index in [-0.39, 0.29) is 18.8 Å². The normalized spacial score (nSPS) is 10.2. The van der Waals surface area contributed by atoms with Crippen molar-refractivity contribution < 1.29 is 18.7 Å². The third-order valence-electron chi connectivity index (χ3n) is 2.30. The molecule has 0 aliphatic rings. The maximum absolute atomic E-state index is 11.7. The number of amides is 1. The zero-order chi connectivity index (χ0) is 13.7. The summed E-state index contributed by atoms with van der Waals surface area (Å²) < 4.78 is 9.86. The summed E-state index contributed by atoms with van der Waals surface area (Å²) in [7, 11) is 0. The Morgan fingerprint density at radius 1 is 1.53 bits per heavy atom. The fraction of sp³-hybridized carbons (Fsp3) is 0.250. The maximum atomic E-state index is 11.7. The molecule has 0 aliphatic carbocycles. The van der Waals surface area contributed by atoms with Crippen molar-refractivity contribution in [3.8, 4) is 11.5 Å². The lowest BCUT2D eigenvalue weighted by Gasteiger charge is -2.02. The summed E-state index contributed by atoms with van der Waals surface area (Å²) in [5.74, 6) is -0.364. The minimum absolute atomic E-state index is 0.177. The zero-order valence-corrected chi connectivity index (χ0v) is 10.3. The Bertz CT molecular complexity index is 559. The van der Waals surface area contributed by atoms with Crippen LogP contribution in [0.2, 0.25) is 0 Å². The molecule has 2 heterocycles. The molecule has 1 amide bonds. The van der Waals surface area contributed by atoms with Crippen molar-refractivity contribution in [1.82, 2.24) is 15.5 Å². The van der Waals surface area contributed by atoms with Gasteiger partial charge >= 0.3 is 5.97 Å². The van der Waals surface area contributed by atoms with E-state index in [1.165, 1.54) is 6.26 Å². The van der Waals surface area contributed by atoms with Crippen LogP contribution in [0.5, 0.6) is 0 Å². The average molecular weight is 263 g/mol. The molecule has 0 saturated carbocycles. The van der Waals surface area contributed by atoms with Crippen LogP contribution < -0.4 is 5.32 Å². The fourth-order valence-corrected chi connectivity index (χ4v) is 1.45. The van der Waals surface area contributed by atoms with E-state index in [4.69, 9.17) is 9.15 Å². The number of carbonyl (C=O) groups excluding carboxylic acids is 2. The first-order valence-corrected chi connectivity index (χ1v) is 5.73. The molecule has 0 unspecified atom stereocenters. The lowest BCUT2D eigenvalue weighted by molar-refractivity contribution is -0.141. The predicted molar refractivity (Wildman–Crippen MR) is 65.3 cm³/mol. The first kappa shape index (κ1) is 12.9. The largest absolute Gasteiger partial charge is 0.465 e. The number of carbonyl (C=O) groups is 2. The van der Waals surface area contributed by atoms with Crippen molar-refractivity contribution in [3.05, 3.63) is 30.2 Å². The summed E-state index contributed by atoms with van der Waals surface area (Å²) in [4.78, 5) is 22.8. The molecule has 2 N–H and O–H groups in total. The molecule has 7 nitrogen and oxygen atoms in total. The van der Waals surface area contributed by atoms with Crippen LogP contribution in [-0.2, 0) is 9.53 Å². The highest BCUT2D eigenvalue weighted by Gasteiger charge is 2.13. The Balaban J connectivity index is 1.95. The first-order chi connectivity index (χ1) is 9.20. The van der Waals surface area contributed by atoms with Crippen molar-refractivity contribution in [2.45, 2.75) is 6.92 Å². The molecule has 0 spiro atoms. The number of aromatic amines is 1. The van der Waals surface area contributed by atoms with Crippen molar-refractivity contribution in [1.29, 1.82) is 0 Å². The van der Waals surface area contributed by atoms with Crippen LogP contribution in [0.15, 0.2) is 28.9 Å². The van der Waals surface area contributed by atoms with Gasteiger partial charge in [0.2, 0.25) is 0 Å². The van der Waals surface area contributed by atoms with Gasteiger partial charge in [-0.3, -0.25) is 14.7 Å². The summed E-state index contributed by atoms with van der Waals surface area (Å²) in [6.45, 7) is 1.79. The summed E-state index contributed by atoms with van der Waals surface area (Å²) in [5.41, 5.74) is 0.766. The highest BCUT2D eigenvalue weighted by Crippen LogP contribution is 2.17. The van der Waals surface area contributed by atoms with Crippen molar-refractivity contribution in [2.75, 3.05) is 13.2 Å². The maximum Gasteiger partial charge on any atom is 0.325 e. The molecule has 0 aliphatic heterocycles. The van der Waals surface area contributed by atoms with Gasteiger partial charge in [-0.25, -0.2) is 0 Å². The second kappa shape index (κ2) is 5.85. The average Bonchev–Trinajstić information content (AvgIpc) is 3.06. The van der Waals surface area contributed by atoms with Crippen molar-refractivity contribution in [3.63, 3.8) is 0 Å². The summed E-state index contributed by atoms with van der Waals surface area (Å²) >= 11 is 0. The van der Waals surface area contributed by atoms with Crippen LogP contribution in [-0.4, -0.2) is 35.2 Å². The van der Waals surface area contributed by atoms with Gasteiger partial charge in [0.05, 0.1) is 12.9 Å². The van der Waals surface area contributed by atoms with Gasteiger partial charge in [0, 0.05) is 6.07 Å². The highest BCUT2D eigenvalue weighted by atomic mass is 16.5. The molecule has 7 heteroatoms. The number of nitrogens with one attached hydrogen (secondary N) is 2. The van der Waals surface area contributed by atoms with Crippen LogP contribution in [0.25, 0.3) is 11.5 Å². The molecule has 0 bridgehead atoms. The number of furan rings is 1. The molecule has 2 aromatic rings. The van der Waals surface area contributed by atoms with Crippen LogP contribution >= 0.6 is 0 Å². The number of ether oxygens (including phenoxy) is 1. The van der Waals surface area contributed by atoms with Gasteiger partial charge in [0.1, 0.15) is 12.2 Å². The Hall–Kier alpha value is -2.57. The van der Waals surface area contributed by atoms with Crippen LogP contribution in [0.3, 0.4) is 0 Å².